The maximum atomic E-state index is 8.62. The number of rotatable bonds is 10. The topological polar surface area (TPSA) is 38.7 Å². The Labute approximate surface area is 115 Å². The van der Waals surface area contributed by atoms with Gasteiger partial charge < -0.3 is 14.6 Å². The summed E-state index contributed by atoms with van der Waals surface area (Å²) in [7, 11) is 1.67. The van der Waals surface area contributed by atoms with Crippen LogP contribution in [0.4, 0.5) is 0 Å². The molecular weight excluding hydrogens is 240 g/mol. The van der Waals surface area contributed by atoms with E-state index in [1.165, 1.54) is 5.56 Å². The first-order valence-electron chi connectivity index (χ1n) is 6.83. The van der Waals surface area contributed by atoms with Crippen LogP contribution in [0.3, 0.4) is 0 Å². The lowest BCUT2D eigenvalue weighted by Crippen LogP contribution is -1.95. The molecule has 106 valence electrons. The Morgan fingerprint density at radius 2 is 1.74 bits per heavy atom. The highest BCUT2D eigenvalue weighted by molar-refractivity contribution is 5.26. The van der Waals surface area contributed by atoms with E-state index in [2.05, 4.69) is 12.2 Å². The number of hydrogen-bond donors (Lipinski definition) is 1. The first kappa shape index (κ1) is 15.7. The van der Waals surface area contributed by atoms with Crippen molar-refractivity contribution in [2.75, 3.05) is 20.3 Å². The van der Waals surface area contributed by atoms with Crippen molar-refractivity contribution in [1.82, 2.24) is 0 Å². The molecule has 0 amide bonds. The Morgan fingerprint density at radius 1 is 1.05 bits per heavy atom. The molecule has 3 nitrogen and oxygen atoms in total. The van der Waals surface area contributed by atoms with Gasteiger partial charge in [0.2, 0.25) is 0 Å². The Morgan fingerprint density at radius 3 is 2.37 bits per heavy atom. The normalized spacial score (nSPS) is 11.1. The molecule has 19 heavy (non-hydrogen) atoms. The second kappa shape index (κ2) is 10.6. The molecule has 1 aromatic rings. The fourth-order valence-corrected chi connectivity index (χ4v) is 1.66. The van der Waals surface area contributed by atoms with Crippen LogP contribution >= 0.6 is 0 Å². The monoisotopic (exact) mass is 264 g/mol. The summed E-state index contributed by atoms with van der Waals surface area (Å²) in [6.07, 6.45) is 8.17. The molecule has 0 spiro atoms. The fourth-order valence-electron chi connectivity index (χ4n) is 1.66. The third kappa shape index (κ3) is 7.65. The number of allylic oxidation sites excluding steroid dienone is 2. The fraction of sp³-hybridized carbons (Fsp3) is 0.500. The minimum Gasteiger partial charge on any atom is -0.497 e. The molecular formula is C16H24O3. The van der Waals surface area contributed by atoms with Gasteiger partial charge in [0.15, 0.2) is 0 Å². The molecule has 0 aromatic heterocycles. The first-order valence-corrected chi connectivity index (χ1v) is 6.83. The maximum Gasteiger partial charge on any atom is 0.118 e. The van der Waals surface area contributed by atoms with Gasteiger partial charge in [0, 0.05) is 13.2 Å². The van der Waals surface area contributed by atoms with E-state index in [1.807, 2.05) is 24.3 Å². The second-order valence-electron chi connectivity index (χ2n) is 4.38. The zero-order valence-electron chi connectivity index (χ0n) is 11.7. The van der Waals surface area contributed by atoms with E-state index in [1.54, 1.807) is 7.11 Å². The molecule has 1 rings (SSSR count). The van der Waals surface area contributed by atoms with Crippen molar-refractivity contribution in [1.29, 1.82) is 0 Å². The Kier molecular flexibility index (Phi) is 8.77. The lowest BCUT2D eigenvalue weighted by Gasteiger charge is -2.04. The molecule has 0 fully saturated rings. The Balaban J connectivity index is 2.02. The molecule has 0 atom stereocenters. The molecule has 0 aliphatic heterocycles. The van der Waals surface area contributed by atoms with Gasteiger partial charge in [0.1, 0.15) is 5.75 Å². The van der Waals surface area contributed by atoms with Crippen molar-refractivity contribution in [3.8, 4) is 5.75 Å². The average molecular weight is 264 g/mol. The molecule has 0 aliphatic rings. The van der Waals surface area contributed by atoms with Gasteiger partial charge in [-0.2, -0.15) is 0 Å². The highest BCUT2D eigenvalue weighted by atomic mass is 16.5. The smallest absolute Gasteiger partial charge is 0.118 e. The molecule has 0 saturated heterocycles. The third-order valence-corrected chi connectivity index (χ3v) is 2.78. The van der Waals surface area contributed by atoms with Gasteiger partial charge in [-0.15, -0.1) is 0 Å². The van der Waals surface area contributed by atoms with Gasteiger partial charge in [-0.1, -0.05) is 24.3 Å². The van der Waals surface area contributed by atoms with Gasteiger partial charge in [0.25, 0.3) is 0 Å². The zero-order chi connectivity index (χ0) is 13.8. The number of aliphatic hydroxyl groups excluding tert-OH is 1. The third-order valence-electron chi connectivity index (χ3n) is 2.78. The average Bonchev–Trinajstić information content (AvgIpc) is 2.46. The van der Waals surface area contributed by atoms with Crippen molar-refractivity contribution in [3.63, 3.8) is 0 Å². The van der Waals surface area contributed by atoms with Gasteiger partial charge in [-0.25, -0.2) is 0 Å². The number of benzene rings is 1. The predicted molar refractivity (Wildman–Crippen MR) is 77.3 cm³/mol. The van der Waals surface area contributed by atoms with Crippen LogP contribution in [0.5, 0.6) is 5.75 Å². The van der Waals surface area contributed by atoms with Gasteiger partial charge in [-0.05, 0) is 43.4 Å². The van der Waals surface area contributed by atoms with Gasteiger partial charge in [-0.3, -0.25) is 0 Å². The molecule has 3 heteroatoms. The summed E-state index contributed by atoms with van der Waals surface area (Å²) in [4.78, 5) is 0. The Bertz CT molecular complexity index is 344. The SMILES string of the molecule is COc1ccc(COCCC/C=C\CCCO)cc1. The summed E-state index contributed by atoms with van der Waals surface area (Å²) < 4.78 is 10.7. The minimum atomic E-state index is 0.273. The van der Waals surface area contributed by atoms with Crippen LogP contribution < -0.4 is 4.74 Å². The largest absolute Gasteiger partial charge is 0.497 e. The van der Waals surface area contributed by atoms with Gasteiger partial charge in [0.05, 0.1) is 13.7 Å². The zero-order valence-corrected chi connectivity index (χ0v) is 11.7. The summed E-state index contributed by atoms with van der Waals surface area (Å²) in [5, 5.41) is 8.62. The van der Waals surface area contributed by atoms with Crippen LogP contribution in [0, 0.1) is 0 Å². The van der Waals surface area contributed by atoms with Crippen LogP contribution in [0.15, 0.2) is 36.4 Å². The Hall–Kier alpha value is -1.32. The number of hydrogen-bond acceptors (Lipinski definition) is 3. The van der Waals surface area contributed by atoms with Crippen molar-refractivity contribution >= 4 is 0 Å². The molecule has 1 aromatic carbocycles. The summed E-state index contributed by atoms with van der Waals surface area (Å²) in [5.41, 5.74) is 1.17. The number of methoxy groups -OCH3 is 1. The highest BCUT2D eigenvalue weighted by Gasteiger charge is 1.94. The van der Waals surface area contributed by atoms with Gasteiger partial charge >= 0.3 is 0 Å². The van der Waals surface area contributed by atoms with Crippen molar-refractivity contribution in [2.24, 2.45) is 0 Å². The number of aliphatic hydroxyl groups is 1. The van der Waals surface area contributed by atoms with E-state index in [0.717, 1.165) is 38.0 Å². The van der Waals surface area contributed by atoms with E-state index in [-0.39, 0.29) is 6.61 Å². The molecule has 0 unspecified atom stereocenters. The quantitative estimate of drug-likeness (QED) is 0.520. The summed E-state index contributed by atoms with van der Waals surface area (Å²) >= 11 is 0. The molecule has 0 heterocycles. The summed E-state index contributed by atoms with van der Waals surface area (Å²) in [6, 6.07) is 7.94. The van der Waals surface area contributed by atoms with Crippen molar-refractivity contribution in [2.45, 2.75) is 32.3 Å². The minimum absolute atomic E-state index is 0.273. The predicted octanol–water partition coefficient (Wildman–Crippen LogP) is 3.32. The van der Waals surface area contributed by atoms with E-state index in [0.29, 0.717) is 6.61 Å². The van der Waals surface area contributed by atoms with Crippen molar-refractivity contribution in [3.05, 3.63) is 42.0 Å². The molecule has 0 saturated carbocycles. The highest BCUT2D eigenvalue weighted by Crippen LogP contribution is 2.12. The second-order valence-corrected chi connectivity index (χ2v) is 4.38. The number of ether oxygens (including phenoxy) is 2. The maximum absolute atomic E-state index is 8.62. The van der Waals surface area contributed by atoms with E-state index >= 15 is 0 Å². The molecule has 1 N–H and O–H groups in total. The molecule has 0 aliphatic carbocycles. The first-order chi connectivity index (χ1) is 9.36. The van der Waals surface area contributed by atoms with Crippen LogP contribution in [0.1, 0.15) is 31.2 Å². The number of unbranched alkanes of at least 4 members (excludes halogenated alkanes) is 2. The van der Waals surface area contributed by atoms with Crippen LogP contribution in [0.25, 0.3) is 0 Å². The summed E-state index contributed by atoms with van der Waals surface area (Å²) in [5.74, 6) is 0.872. The molecule has 0 radical (unpaired) electrons. The van der Waals surface area contributed by atoms with Crippen LogP contribution in [-0.4, -0.2) is 25.4 Å². The summed E-state index contributed by atoms with van der Waals surface area (Å²) in [6.45, 7) is 1.70. The van der Waals surface area contributed by atoms with E-state index in [9.17, 15) is 0 Å². The van der Waals surface area contributed by atoms with E-state index in [4.69, 9.17) is 14.6 Å². The molecule has 0 bridgehead atoms. The lowest BCUT2D eigenvalue weighted by molar-refractivity contribution is 0.119. The van der Waals surface area contributed by atoms with Crippen molar-refractivity contribution < 1.29 is 14.6 Å². The van der Waals surface area contributed by atoms with Crippen LogP contribution in [-0.2, 0) is 11.3 Å². The van der Waals surface area contributed by atoms with Crippen LogP contribution in [0.2, 0.25) is 0 Å². The lowest BCUT2D eigenvalue weighted by atomic mass is 10.2. The van der Waals surface area contributed by atoms with E-state index < -0.39 is 0 Å². The standard InChI is InChI=1S/C16H24O3/c1-18-16-10-8-15(9-11-16)14-19-13-7-5-3-2-4-6-12-17/h2-3,8-11,17H,4-7,12-14H2,1H3/b3-2-.